The number of esters is 1. The van der Waals surface area contributed by atoms with Gasteiger partial charge in [-0.15, -0.1) is 0 Å². The van der Waals surface area contributed by atoms with E-state index in [1.54, 1.807) is 20.9 Å². The number of amides is 1. The van der Waals surface area contributed by atoms with Gasteiger partial charge in [-0.25, -0.2) is 8.42 Å². The molecule has 11 heteroatoms. The first-order chi connectivity index (χ1) is 15.2. The van der Waals surface area contributed by atoms with E-state index in [1.165, 1.54) is 34.4 Å². The molecular weight excluding hydrogens is 456 g/mol. The van der Waals surface area contributed by atoms with Crippen LogP contribution in [0, 0.1) is 5.92 Å². The number of rotatable bonds is 9. The number of benzene rings is 1. The Hall–Kier alpha value is -2.63. The van der Waals surface area contributed by atoms with Gasteiger partial charge in [0, 0.05) is 19.7 Å². The lowest BCUT2D eigenvalue weighted by atomic mass is 10.1. The molecule has 0 spiro atoms. The summed E-state index contributed by atoms with van der Waals surface area (Å²) in [7, 11) is -2.44. The Morgan fingerprint density at radius 2 is 1.91 bits per heavy atom. The Labute approximate surface area is 191 Å². The summed E-state index contributed by atoms with van der Waals surface area (Å²) >= 11 is 1.53. The van der Waals surface area contributed by atoms with Gasteiger partial charge in [0.05, 0.1) is 4.90 Å². The number of likely N-dealkylation sites (N-methyl/N-ethyl adjacent to an activating group) is 1. The standard InChI is InChI=1S/C21H26N2O7S2/c1-14(2)20(21(25)30-12-19(24)23(3)11-15-6-9-31-13-15)22-32(26,27)16-4-5-17-18(10-16)29-8-7-28-17/h4-6,9-10,13-14,20,22H,7-8,11-12H2,1-3H3/t20-/m0/s1. The molecule has 0 fully saturated rings. The number of sulfonamides is 1. The van der Waals surface area contributed by atoms with Crippen molar-refractivity contribution < 1.29 is 32.2 Å². The van der Waals surface area contributed by atoms with E-state index in [1.807, 2.05) is 16.8 Å². The van der Waals surface area contributed by atoms with Crippen molar-refractivity contribution in [3.63, 3.8) is 0 Å². The first kappa shape index (κ1) is 24.0. The molecule has 1 atom stereocenters. The minimum Gasteiger partial charge on any atom is -0.486 e. The maximum atomic E-state index is 12.9. The van der Waals surface area contributed by atoms with E-state index in [0.717, 1.165) is 5.56 Å². The highest BCUT2D eigenvalue weighted by Gasteiger charge is 2.31. The predicted molar refractivity (Wildman–Crippen MR) is 118 cm³/mol. The molecule has 0 unspecified atom stereocenters. The maximum absolute atomic E-state index is 12.9. The van der Waals surface area contributed by atoms with Crippen LogP contribution in [0.2, 0.25) is 0 Å². The maximum Gasteiger partial charge on any atom is 0.324 e. The van der Waals surface area contributed by atoms with Crippen molar-refractivity contribution >= 4 is 33.2 Å². The van der Waals surface area contributed by atoms with Crippen LogP contribution in [-0.4, -0.2) is 58.1 Å². The van der Waals surface area contributed by atoms with Crippen molar-refractivity contribution in [1.82, 2.24) is 9.62 Å². The van der Waals surface area contributed by atoms with Crippen LogP contribution >= 0.6 is 11.3 Å². The quantitative estimate of drug-likeness (QED) is 0.544. The van der Waals surface area contributed by atoms with Gasteiger partial charge in [0.15, 0.2) is 18.1 Å². The third-order valence-corrected chi connectivity index (χ3v) is 6.96. The molecule has 1 amide bonds. The third-order valence-electron chi connectivity index (χ3n) is 4.79. The van der Waals surface area contributed by atoms with Gasteiger partial charge in [-0.2, -0.15) is 16.1 Å². The molecule has 1 aromatic carbocycles. The molecule has 0 aliphatic carbocycles. The third kappa shape index (κ3) is 5.99. The van der Waals surface area contributed by atoms with Gasteiger partial charge in [-0.1, -0.05) is 13.8 Å². The largest absolute Gasteiger partial charge is 0.486 e. The number of thiophene rings is 1. The summed E-state index contributed by atoms with van der Waals surface area (Å²) < 4.78 is 44.1. The molecule has 174 valence electrons. The van der Waals surface area contributed by atoms with Crippen molar-refractivity contribution in [3.8, 4) is 11.5 Å². The van der Waals surface area contributed by atoms with Crippen molar-refractivity contribution in [2.24, 2.45) is 5.92 Å². The fraction of sp³-hybridized carbons (Fsp3) is 0.429. The van der Waals surface area contributed by atoms with Crippen LogP contribution < -0.4 is 14.2 Å². The summed E-state index contributed by atoms with van der Waals surface area (Å²) in [6.07, 6.45) is 0. The van der Waals surface area contributed by atoms with Gasteiger partial charge >= 0.3 is 5.97 Å². The zero-order valence-electron chi connectivity index (χ0n) is 18.1. The van der Waals surface area contributed by atoms with Crippen LogP contribution in [0.25, 0.3) is 0 Å². The molecule has 0 saturated carbocycles. The highest BCUT2D eigenvalue weighted by Crippen LogP contribution is 2.32. The minimum absolute atomic E-state index is 0.0632. The summed E-state index contributed by atoms with van der Waals surface area (Å²) in [4.78, 5) is 26.3. The second-order valence-electron chi connectivity index (χ2n) is 7.64. The molecule has 32 heavy (non-hydrogen) atoms. The number of hydrogen-bond acceptors (Lipinski definition) is 8. The second kappa shape index (κ2) is 10.3. The average molecular weight is 483 g/mol. The average Bonchev–Trinajstić information content (AvgIpc) is 3.28. The summed E-state index contributed by atoms with van der Waals surface area (Å²) in [6.45, 7) is 3.99. The van der Waals surface area contributed by atoms with Crippen LogP contribution in [0.5, 0.6) is 11.5 Å². The molecule has 3 rings (SSSR count). The lowest BCUT2D eigenvalue weighted by molar-refractivity contribution is -0.154. The van der Waals surface area contributed by atoms with E-state index in [-0.39, 0.29) is 10.8 Å². The van der Waals surface area contributed by atoms with Crippen molar-refractivity contribution in [2.75, 3.05) is 26.9 Å². The van der Waals surface area contributed by atoms with Gasteiger partial charge in [0.2, 0.25) is 10.0 Å². The van der Waals surface area contributed by atoms with Crippen molar-refractivity contribution in [3.05, 3.63) is 40.6 Å². The number of carbonyl (C=O) groups excluding carboxylic acids is 2. The molecule has 1 aromatic heterocycles. The fourth-order valence-electron chi connectivity index (χ4n) is 2.96. The number of hydrogen-bond donors (Lipinski definition) is 1. The lowest BCUT2D eigenvalue weighted by Gasteiger charge is -2.23. The molecular formula is C21H26N2O7S2. The smallest absolute Gasteiger partial charge is 0.324 e. The van der Waals surface area contributed by atoms with E-state index in [9.17, 15) is 18.0 Å². The van der Waals surface area contributed by atoms with Gasteiger partial charge in [-0.05, 0) is 40.4 Å². The molecule has 0 saturated heterocycles. The lowest BCUT2D eigenvalue weighted by Crippen LogP contribution is -2.46. The van der Waals surface area contributed by atoms with E-state index < -0.39 is 34.6 Å². The van der Waals surface area contributed by atoms with E-state index >= 15 is 0 Å². The summed E-state index contributed by atoms with van der Waals surface area (Å²) in [5.41, 5.74) is 0.976. The summed E-state index contributed by atoms with van der Waals surface area (Å²) in [6, 6.07) is 4.97. The molecule has 1 aliphatic rings. The van der Waals surface area contributed by atoms with E-state index in [4.69, 9.17) is 14.2 Å². The second-order valence-corrected chi connectivity index (χ2v) is 10.1. The topological polar surface area (TPSA) is 111 Å². The summed E-state index contributed by atoms with van der Waals surface area (Å²) in [5.74, 6) is -0.838. The monoisotopic (exact) mass is 482 g/mol. The van der Waals surface area contributed by atoms with E-state index in [2.05, 4.69) is 4.72 Å². The SMILES string of the molecule is CC(C)[C@H](NS(=O)(=O)c1ccc2c(c1)OCCO2)C(=O)OCC(=O)N(C)Cc1ccsc1. The number of carbonyl (C=O) groups is 2. The van der Waals surface area contributed by atoms with Crippen molar-refractivity contribution in [1.29, 1.82) is 0 Å². The number of nitrogens with one attached hydrogen (secondary N) is 1. The first-order valence-corrected chi connectivity index (χ1v) is 12.4. The van der Waals surface area contributed by atoms with Crippen LogP contribution in [0.15, 0.2) is 39.9 Å². The molecule has 0 radical (unpaired) electrons. The Balaban J connectivity index is 1.62. The summed E-state index contributed by atoms with van der Waals surface area (Å²) in [5, 5.41) is 3.84. The first-order valence-electron chi connectivity index (χ1n) is 10.0. The molecule has 1 aliphatic heterocycles. The number of ether oxygens (including phenoxy) is 3. The number of fused-ring (bicyclic) bond motifs is 1. The van der Waals surface area contributed by atoms with Crippen LogP contribution in [0.1, 0.15) is 19.4 Å². The fourth-order valence-corrected chi connectivity index (χ4v) is 4.97. The van der Waals surface area contributed by atoms with Crippen LogP contribution in [0.3, 0.4) is 0 Å². The van der Waals surface area contributed by atoms with Crippen LogP contribution in [0.4, 0.5) is 0 Å². The minimum atomic E-state index is -4.05. The zero-order valence-corrected chi connectivity index (χ0v) is 19.7. The molecule has 9 nitrogen and oxygen atoms in total. The Morgan fingerprint density at radius 3 is 2.56 bits per heavy atom. The van der Waals surface area contributed by atoms with Gasteiger partial charge in [-0.3, -0.25) is 9.59 Å². The van der Waals surface area contributed by atoms with Gasteiger partial charge < -0.3 is 19.1 Å². The van der Waals surface area contributed by atoms with Gasteiger partial charge in [0.1, 0.15) is 19.3 Å². The Bertz CT molecular complexity index is 1050. The van der Waals surface area contributed by atoms with Crippen molar-refractivity contribution in [2.45, 2.75) is 31.3 Å². The zero-order chi connectivity index (χ0) is 23.3. The van der Waals surface area contributed by atoms with E-state index in [0.29, 0.717) is 31.3 Å². The van der Waals surface area contributed by atoms with Crippen LogP contribution in [-0.2, 0) is 30.9 Å². The molecule has 2 heterocycles. The normalized spacial score (nSPS) is 14.1. The molecule has 1 N–H and O–H groups in total. The predicted octanol–water partition coefficient (Wildman–Crippen LogP) is 2.02. The highest BCUT2D eigenvalue weighted by atomic mass is 32.2. The van der Waals surface area contributed by atoms with Gasteiger partial charge in [0.25, 0.3) is 5.91 Å². The molecule has 2 aromatic rings. The molecule has 0 bridgehead atoms. The number of nitrogens with zero attached hydrogens (tertiary/aromatic N) is 1. The Kier molecular flexibility index (Phi) is 7.75. The Morgan fingerprint density at radius 1 is 1.19 bits per heavy atom. The highest BCUT2D eigenvalue weighted by molar-refractivity contribution is 7.89.